The number of thiazole rings is 1. The number of nitrogens with zero attached hydrogens (tertiary/aromatic N) is 3. The van der Waals surface area contributed by atoms with E-state index in [1.807, 2.05) is 40.6 Å². The Morgan fingerprint density at radius 2 is 2.04 bits per heavy atom. The number of nitrogens with one attached hydrogen (secondary N) is 1. The molecule has 7 heteroatoms. The number of pyridine rings is 1. The molecule has 0 radical (unpaired) electrons. The summed E-state index contributed by atoms with van der Waals surface area (Å²) in [6, 6.07) is 9.32. The second-order valence-electron chi connectivity index (χ2n) is 6.91. The van der Waals surface area contributed by atoms with E-state index < -0.39 is 5.95 Å². The quantitative estimate of drug-likeness (QED) is 0.659. The van der Waals surface area contributed by atoms with Crippen LogP contribution >= 0.6 is 11.3 Å². The maximum absolute atomic E-state index is 14.0. The van der Waals surface area contributed by atoms with E-state index in [0.29, 0.717) is 12.0 Å². The van der Waals surface area contributed by atoms with Gasteiger partial charge in [-0.1, -0.05) is 12.1 Å². The molecule has 0 unspecified atom stereocenters. The molecular formula is C20H17FN4OS. The Hall–Kier alpha value is -2.80. The summed E-state index contributed by atoms with van der Waals surface area (Å²) < 4.78 is 14.0. The number of hydrogen-bond donors (Lipinski definition) is 1. The number of carbonyl (C=O) groups excluding carboxylic acids is 1. The number of benzene rings is 1. The van der Waals surface area contributed by atoms with Crippen molar-refractivity contribution in [2.45, 2.75) is 31.3 Å². The van der Waals surface area contributed by atoms with Gasteiger partial charge in [0.15, 0.2) is 0 Å². The second-order valence-corrected chi connectivity index (χ2v) is 7.63. The minimum absolute atomic E-state index is 0.0236. The summed E-state index contributed by atoms with van der Waals surface area (Å²) >= 11 is 1.55. The van der Waals surface area contributed by atoms with Crippen LogP contribution in [0.2, 0.25) is 0 Å². The predicted octanol–water partition coefficient (Wildman–Crippen LogP) is 4.64. The number of halogens is 1. The molecule has 5 nitrogen and oxygen atoms in total. The van der Waals surface area contributed by atoms with Gasteiger partial charge >= 0.3 is 6.03 Å². The van der Waals surface area contributed by atoms with Crippen molar-refractivity contribution in [2.24, 2.45) is 0 Å². The number of hydrogen-bond acceptors (Lipinski definition) is 4. The van der Waals surface area contributed by atoms with Crippen LogP contribution in [-0.4, -0.2) is 26.9 Å². The molecule has 2 atom stereocenters. The summed E-state index contributed by atoms with van der Waals surface area (Å²) in [5, 5.41) is 4.98. The van der Waals surface area contributed by atoms with E-state index in [1.54, 1.807) is 16.8 Å². The molecule has 2 aromatic heterocycles. The van der Waals surface area contributed by atoms with Crippen LogP contribution in [0.3, 0.4) is 0 Å². The smallest absolute Gasteiger partial charge is 0.314 e. The number of anilines is 1. The summed E-state index contributed by atoms with van der Waals surface area (Å²) in [7, 11) is 0. The lowest BCUT2D eigenvalue weighted by atomic mass is 9.95. The molecule has 2 aliphatic heterocycles. The molecule has 2 amide bonds. The van der Waals surface area contributed by atoms with Crippen LogP contribution in [0.4, 0.5) is 14.9 Å². The third-order valence-electron chi connectivity index (χ3n) is 5.44. The van der Waals surface area contributed by atoms with E-state index in [4.69, 9.17) is 0 Å². The van der Waals surface area contributed by atoms with Gasteiger partial charge < -0.3 is 10.2 Å². The first-order chi connectivity index (χ1) is 13.2. The molecule has 1 N–H and O–H groups in total. The standard InChI is InChI=1S/C20H17FN4OS/c21-19-16-9-14-5-6-18(15(16)7-8-22-19)25(14)20(26)24-13-3-1-12(2-4-13)17-10-27-11-23-17/h1-4,7-8,10-11,14,18H,5-6,9H2,(H,24,26)/t14-,18+/m0/s1. The van der Waals surface area contributed by atoms with Gasteiger partial charge in [-0.15, -0.1) is 11.3 Å². The van der Waals surface area contributed by atoms with Crippen LogP contribution in [0.15, 0.2) is 47.4 Å². The zero-order valence-electron chi connectivity index (χ0n) is 14.4. The first kappa shape index (κ1) is 16.4. The fourth-order valence-corrected chi connectivity index (χ4v) is 4.76. The van der Waals surface area contributed by atoms with Crippen LogP contribution in [0, 0.1) is 5.95 Å². The van der Waals surface area contributed by atoms with Crippen LogP contribution in [-0.2, 0) is 6.42 Å². The number of urea groups is 1. The van der Waals surface area contributed by atoms with Gasteiger partial charge in [-0.05, 0) is 43.0 Å². The van der Waals surface area contributed by atoms with Gasteiger partial charge in [0.2, 0.25) is 5.95 Å². The molecule has 1 aromatic carbocycles. The molecule has 5 rings (SSSR count). The zero-order chi connectivity index (χ0) is 18.4. The summed E-state index contributed by atoms with van der Waals surface area (Å²) in [5.74, 6) is -0.401. The SMILES string of the molecule is O=C(Nc1ccc(-c2cscn2)cc1)N1[C@H]2CC[C@@H]1c1ccnc(F)c1C2. The van der Waals surface area contributed by atoms with Crippen molar-refractivity contribution in [3.8, 4) is 11.3 Å². The molecule has 27 heavy (non-hydrogen) atoms. The highest BCUT2D eigenvalue weighted by Gasteiger charge is 2.43. The zero-order valence-corrected chi connectivity index (χ0v) is 15.2. The first-order valence-corrected chi connectivity index (χ1v) is 9.86. The van der Waals surface area contributed by atoms with Gasteiger partial charge in [0.1, 0.15) is 0 Å². The number of fused-ring (bicyclic) bond motifs is 4. The highest BCUT2D eigenvalue weighted by Crippen LogP contribution is 2.44. The number of rotatable bonds is 2. The van der Waals surface area contributed by atoms with Gasteiger partial charge in [-0.25, -0.2) is 14.8 Å². The highest BCUT2D eigenvalue weighted by atomic mass is 32.1. The predicted molar refractivity (Wildman–Crippen MR) is 102 cm³/mol. The van der Waals surface area contributed by atoms with E-state index in [9.17, 15) is 9.18 Å². The van der Waals surface area contributed by atoms with E-state index in [-0.39, 0.29) is 18.1 Å². The molecule has 1 saturated heterocycles. The Balaban J connectivity index is 1.36. The second kappa shape index (κ2) is 6.42. The Morgan fingerprint density at radius 1 is 1.19 bits per heavy atom. The maximum Gasteiger partial charge on any atom is 0.322 e. The summed E-state index contributed by atoms with van der Waals surface area (Å²) in [6.07, 6.45) is 3.76. The lowest BCUT2D eigenvalue weighted by Gasteiger charge is -2.36. The van der Waals surface area contributed by atoms with Gasteiger partial charge in [-0.3, -0.25) is 0 Å². The van der Waals surface area contributed by atoms with Crippen LogP contribution in [0.25, 0.3) is 11.3 Å². The van der Waals surface area contributed by atoms with Gasteiger partial charge in [0.05, 0.1) is 17.2 Å². The van der Waals surface area contributed by atoms with E-state index in [0.717, 1.165) is 35.3 Å². The monoisotopic (exact) mass is 380 g/mol. The van der Waals surface area contributed by atoms with Crippen molar-refractivity contribution in [3.05, 3.63) is 64.5 Å². The fourth-order valence-electron chi connectivity index (χ4n) is 4.19. The lowest BCUT2D eigenvalue weighted by molar-refractivity contribution is 0.178. The Bertz CT molecular complexity index is 990. The van der Waals surface area contributed by atoms with E-state index >= 15 is 0 Å². The minimum atomic E-state index is -0.401. The van der Waals surface area contributed by atoms with E-state index in [1.165, 1.54) is 6.20 Å². The average Bonchev–Trinajstić information content (AvgIpc) is 3.31. The van der Waals surface area contributed by atoms with Crippen molar-refractivity contribution in [2.75, 3.05) is 5.32 Å². The molecule has 0 saturated carbocycles. The Kier molecular flexibility index (Phi) is 3.89. The summed E-state index contributed by atoms with van der Waals surface area (Å²) in [6.45, 7) is 0. The van der Waals surface area contributed by atoms with Crippen molar-refractivity contribution >= 4 is 23.1 Å². The molecule has 136 valence electrons. The van der Waals surface area contributed by atoms with Crippen LogP contribution in [0.5, 0.6) is 0 Å². The third kappa shape index (κ3) is 2.78. The first-order valence-electron chi connectivity index (χ1n) is 8.92. The lowest BCUT2D eigenvalue weighted by Crippen LogP contribution is -2.44. The summed E-state index contributed by atoms with van der Waals surface area (Å²) in [5.41, 5.74) is 6.05. The van der Waals surface area contributed by atoms with Gasteiger partial charge in [0, 0.05) is 34.4 Å². The largest absolute Gasteiger partial charge is 0.322 e. The third-order valence-corrected chi connectivity index (χ3v) is 6.03. The van der Waals surface area contributed by atoms with Crippen molar-refractivity contribution in [1.29, 1.82) is 0 Å². The highest BCUT2D eigenvalue weighted by molar-refractivity contribution is 7.07. The van der Waals surface area contributed by atoms with E-state index in [2.05, 4.69) is 15.3 Å². The molecule has 2 aliphatic rings. The van der Waals surface area contributed by atoms with Crippen molar-refractivity contribution in [1.82, 2.24) is 14.9 Å². The molecule has 4 heterocycles. The fraction of sp³-hybridized carbons (Fsp3) is 0.250. The van der Waals surface area contributed by atoms with Crippen molar-refractivity contribution < 1.29 is 9.18 Å². The molecular weight excluding hydrogens is 363 g/mol. The van der Waals surface area contributed by atoms with Gasteiger partial charge in [0.25, 0.3) is 0 Å². The van der Waals surface area contributed by atoms with Gasteiger partial charge in [-0.2, -0.15) is 4.39 Å². The van der Waals surface area contributed by atoms with Crippen LogP contribution in [0.1, 0.15) is 30.0 Å². The Labute approximate surface area is 159 Å². The molecule has 0 aliphatic carbocycles. The molecule has 3 aromatic rings. The minimum Gasteiger partial charge on any atom is -0.314 e. The number of aromatic nitrogens is 2. The Morgan fingerprint density at radius 3 is 2.81 bits per heavy atom. The van der Waals surface area contributed by atoms with Crippen molar-refractivity contribution in [3.63, 3.8) is 0 Å². The number of carbonyl (C=O) groups is 1. The number of amides is 2. The van der Waals surface area contributed by atoms with Crippen LogP contribution < -0.4 is 5.32 Å². The normalized spacial score (nSPS) is 20.4. The maximum atomic E-state index is 14.0. The molecule has 1 fully saturated rings. The average molecular weight is 380 g/mol. The molecule has 0 spiro atoms. The topological polar surface area (TPSA) is 58.1 Å². The summed E-state index contributed by atoms with van der Waals surface area (Å²) in [4.78, 5) is 22.9. The molecule has 2 bridgehead atoms.